The van der Waals surface area contributed by atoms with Gasteiger partial charge in [0.25, 0.3) is 0 Å². The molecule has 0 rings (SSSR count). The second-order valence-corrected chi connectivity index (χ2v) is 7.13. The summed E-state index contributed by atoms with van der Waals surface area (Å²) < 4.78 is 0. The second-order valence-electron chi connectivity index (χ2n) is 7.13. The highest BCUT2D eigenvalue weighted by Gasteiger charge is 2.29. The van der Waals surface area contributed by atoms with Gasteiger partial charge in [0.2, 0.25) is 23.6 Å². The van der Waals surface area contributed by atoms with Crippen molar-refractivity contribution in [2.45, 2.75) is 65.1 Å². The van der Waals surface area contributed by atoms with Gasteiger partial charge in [-0.15, -0.1) is 0 Å². The molecule has 5 unspecified atom stereocenters. The summed E-state index contributed by atoms with van der Waals surface area (Å²) in [5.74, 6) is -4.60. The van der Waals surface area contributed by atoms with E-state index in [1.165, 1.54) is 0 Å². The van der Waals surface area contributed by atoms with Gasteiger partial charge in [-0.2, -0.15) is 0 Å². The molecule has 0 saturated heterocycles. The quantitative estimate of drug-likeness (QED) is 0.209. The minimum Gasteiger partial charge on any atom is -0.480 e. The van der Waals surface area contributed by atoms with Gasteiger partial charge < -0.3 is 32.5 Å². The number of carbonyl (C=O) groups is 5. The highest BCUT2D eigenvalue weighted by molar-refractivity contribution is 5.95. The first kappa shape index (κ1) is 26.3. The number of primary amides is 1. The first-order valence-electron chi connectivity index (χ1n) is 9.58. The van der Waals surface area contributed by atoms with Crippen LogP contribution in [0.4, 0.5) is 0 Å². The van der Waals surface area contributed by atoms with Crippen LogP contribution >= 0.6 is 0 Å². The molecule has 5 atom stereocenters. The van der Waals surface area contributed by atoms with Crippen molar-refractivity contribution in [1.82, 2.24) is 16.0 Å². The predicted molar refractivity (Wildman–Crippen MR) is 105 cm³/mol. The van der Waals surface area contributed by atoms with Gasteiger partial charge in [0.15, 0.2) is 0 Å². The summed E-state index contributed by atoms with van der Waals surface area (Å²) in [6, 6.07) is -3.27. The van der Waals surface area contributed by atoms with E-state index >= 15 is 0 Å². The van der Waals surface area contributed by atoms with E-state index < -0.39 is 60.7 Å². The highest BCUT2D eigenvalue weighted by Crippen LogP contribution is 2.08. The molecule has 0 aromatic rings. The Labute approximate surface area is 170 Å². The van der Waals surface area contributed by atoms with E-state index in [0.29, 0.717) is 12.8 Å². The first-order valence-corrected chi connectivity index (χ1v) is 9.58. The Bertz CT molecular complexity index is 612. The summed E-state index contributed by atoms with van der Waals surface area (Å²) in [5.41, 5.74) is 10.9. The van der Waals surface area contributed by atoms with Gasteiger partial charge >= 0.3 is 5.97 Å². The molecule has 4 amide bonds. The van der Waals surface area contributed by atoms with E-state index in [0.717, 1.165) is 0 Å². The van der Waals surface area contributed by atoms with Crippen LogP contribution in [0.3, 0.4) is 0 Å². The van der Waals surface area contributed by atoms with Crippen LogP contribution in [0.2, 0.25) is 0 Å². The summed E-state index contributed by atoms with van der Waals surface area (Å²) in [4.78, 5) is 59.0. The van der Waals surface area contributed by atoms with Crippen molar-refractivity contribution >= 4 is 29.6 Å². The van der Waals surface area contributed by atoms with Crippen LogP contribution in [-0.4, -0.2) is 59.4 Å². The minimum atomic E-state index is -1.30. The van der Waals surface area contributed by atoms with Crippen molar-refractivity contribution in [2.24, 2.45) is 23.3 Å². The number of carbonyl (C=O) groups excluding carboxylic acids is 4. The number of rotatable bonds is 13. The fourth-order valence-electron chi connectivity index (χ4n) is 2.39. The largest absolute Gasteiger partial charge is 0.480 e. The molecule has 0 aliphatic carbocycles. The number of carboxylic acids is 1. The number of nitrogens with one attached hydrogen (secondary N) is 3. The van der Waals surface area contributed by atoms with Crippen LogP contribution in [0.1, 0.15) is 47.0 Å². The molecular weight excluding hydrogens is 382 g/mol. The van der Waals surface area contributed by atoms with Crippen LogP contribution in [0.15, 0.2) is 0 Å². The number of carboxylic acid groups (broad SMARTS) is 1. The van der Waals surface area contributed by atoms with Crippen LogP contribution in [0.5, 0.6) is 0 Å². The molecule has 0 spiro atoms. The maximum atomic E-state index is 12.3. The van der Waals surface area contributed by atoms with Crippen LogP contribution in [-0.2, 0) is 24.0 Å². The third-order valence-corrected chi connectivity index (χ3v) is 4.82. The molecule has 8 N–H and O–H groups in total. The van der Waals surface area contributed by atoms with Crippen molar-refractivity contribution < 1.29 is 29.1 Å². The number of aliphatic carboxylic acids is 1. The topological polar surface area (TPSA) is 194 Å². The molecule has 166 valence electrons. The Morgan fingerprint density at radius 3 is 1.93 bits per heavy atom. The molecule has 0 fully saturated rings. The number of hydrogen-bond acceptors (Lipinski definition) is 6. The lowest BCUT2D eigenvalue weighted by atomic mass is 9.99. The Kier molecular flexibility index (Phi) is 11.5. The molecule has 11 heteroatoms. The third kappa shape index (κ3) is 9.37. The van der Waals surface area contributed by atoms with E-state index in [9.17, 15) is 29.1 Å². The van der Waals surface area contributed by atoms with Crippen LogP contribution in [0, 0.1) is 11.8 Å². The zero-order chi connectivity index (χ0) is 22.7. The first-order chi connectivity index (χ1) is 13.4. The average molecular weight is 415 g/mol. The lowest BCUT2D eigenvalue weighted by Crippen LogP contribution is -2.55. The summed E-state index contributed by atoms with van der Waals surface area (Å²) in [6.45, 7) is 6.57. The van der Waals surface area contributed by atoms with Gasteiger partial charge in [0.05, 0.1) is 19.0 Å². The molecule has 0 aromatic heterocycles. The standard InChI is InChI=1S/C18H33N5O6/c1-5-9(3)14(20)17(27)22-11(7-12(19)24)16(26)21-8-13(25)23-15(18(28)29)10(4)6-2/h9-11,14-15H,5-8,20H2,1-4H3,(H2,19,24)(H,21,26)(H,22,27)(H,23,25)(H,28,29). The zero-order valence-electron chi connectivity index (χ0n) is 17.4. The molecule has 0 aliphatic rings. The molecule has 11 nitrogen and oxygen atoms in total. The number of hydrogen-bond donors (Lipinski definition) is 6. The van der Waals surface area contributed by atoms with Crippen molar-refractivity contribution in [1.29, 1.82) is 0 Å². The van der Waals surface area contributed by atoms with Gasteiger partial charge in [-0.05, 0) is 11.8 Å². The van der Waals surface area contributed by atoms with E-state index in [2.05, 4.69) is 16.0 Å². The summed E-state index contributed by atoms with van der Waals surface area (Å²) >= 11 is 0. The number of amides is 4. The zero-order valence-corrected chi connectivity index (χ0v) is 17.4. The Balaban J connectivity index is 4.94. The van der Waals surface area contributed by atoms with E-state index in [4.69, 9.17) is 11.5 Å². The fraction of sp³-hybridized carbons (Fsp3) is 0.722. The molecule has 0 bridgehead atoms. The van der Waals surface area contributed by atoms with Crippen LogP contribution < -0.4 is 27.4 Å². The van der Waals surface area contributed by atoms with Crippen molar-refractivity contribution in [3.8, 4) is 0 Å². The lowest BCUT2D eigenvalue weighted by molar-refractivity contribution is -0.143. The Hall–Kier alpha value is -2.69. The van der Waals surface area contributed by atoms with Crippen molar-refractivity contribution in [3.63, 3.8) is 0 Å². The van der Waals surface area contributed by atoms with Gasteiger partial charge in [0.1, 0.15) is 12.1 Å². The summed E-state index contributed by atoms with van der Waals surface area (Å²) in [7, 11) is 0. The van der Waals surface area contributed by atoms with Gasteiger partial charge in [0, 0.05) is 0 Å². The molecular formula is C18H33N5O6. The third-order valence-electron chi connectivity index (χ3n) is 4.82. The average Bonchev–Trinajstić information content (AvgIpc) is 2.66. The highest BCUT2D eigenvalue weighted by atomic mass is 16.4. The van der Waals surface area contributed by atoms with Gasteiger partial charge in [-0.1, -0.05) is 40.5 Å². The summed E-state index contributed by atoms with van der Waals surface area (Å²) in [5, 5.41) is 16.2. The maximum absolute atomic E-state index is 12.3. The molecule has 0 heterocycles. The number of nitrogens with two attached hydrogens (primary N) is 2. The second kappa shape index (κ2) is 12.7. The van der Waals surface area contributed by atoms with E-state index in [1.54, 1.807) is 20.8 Å². The Morgan fingerprint density at radius 1 is 0.931 bits per heavy atom. The monoisotopic (exact) mass is 415 g/mol. The Morgan fingerprint density at radius 2 is 1.48 bits per heavy atom. The van der Waals surface area contributed by atoms with Crippen LogP contribution in [0.25, 0.3) is 0 Å². The molecule has 0 radical (unpaired) electrons. The van der Waals surface area contributed by atoms with Gasteiger partial charge in [-0.25, -0.2) is 4.79 Å². The SMILES string of the molecule is CCC(C)C(N)C(=O)NC(CC(N)=O)C(=O)NCC(=O)NC(C(=O)O)C(C)CC. The molecule has 0 aliphatic heterocycles. The minimum absolute atomic E-state index is 0.147. The van der Waals surface area contributed by atoms with Gasteiger partial charge in [-0.3, -0.25) is 19.2 Å². The van der Waals surface area contributed by atoms with E-state index in [-0.39, 0.29) is 11.8 Å². The van der Waals surface area contributed by atoms with E-state index in [1.807, 2.05) is 6.92 Å². The van der Waals surface area contributed by atoms with Crippen molar-refractivity contribution in [3.05, 3.63) is 0 Å². The fourth-order valence-corrected chi connectivity index (χ4v) is 2.39. The molecule has 29 heavy (non-hydrogen) atoms. The summed E-state index contributed by atoms with van der Waals surface area (Å²) in [6.07, 6.45) is 0.701. The molecule has 0 aromatic carbocycles. The van der Waals surface area contributed by atoms with Crippen molar-refractivity contribution in [2.75, 3.05) is 6.54 Å². The predicted octanol–water partition coefficient (Wildman–Crippen LogP) is -1.55. The normalized spacial score (nSPS) is 15.9. The molecule has 0 saturated carbocycles. The lowest BCUT2D eigenvalue weighted by Gasteiger charge is -2.23. The maximum Gasteiger partial charge on any atom is 0.326 e. The smallest absolute Gasteiger partial charge is 0.326 e.